The number of methoxy groups -OCH3 is 1. The minimum Gasteiger partial charge on any atom is -0.467 e. The third-order valence-electron chi connectivity index (χ3n) is 1.23. The number of nitrogens with one attached hydrogen (secondary N) is 1. The largest absolute Gasteiger partial charge is 0.467 e. The average molecular weight is 192 g/mol. The van der Waals surface area contributed by atoms with Crippen LogP contribution in [0.4, 0.5) is 0 Å². The van der Waals surface area contributed by atoms with E-state index in [2.05, 4.69) is 27.9 Å². The van der Waals surface area contributed by atoms with Crippen LogP contribution in [-0.2, 0) is 9.53 Å². The lowest BCUT2D eigenvalue weighted by Gasteiger charge is -2.06. The monoisotopic (exact) mass is 192 g/mol. The molecule has 0 heterocycles. The fourth-order valence-electron chi connectivity index (χ4n) is 0.618. The first-order valence-corrected chi connectivity index (χ1v) is 4.11. The topological polar surface area (TPSA) is 67.8 Å². The predicted octanol–water partition coefficient (Wildman–Crippen LogP) is -0.186. The zero-order valence-corrected chi connectivity index (χ0v) is 7.71. The van der Waals surface area contributed by atoms with Crippen LogP contribution in [0.5, 0.6) is 0 Å². The highest BCUT2D eigenvalue weighted by Gasteiger charge is 2.18. The Kier molecular flexibility index (Phi) is 6.69. The Morgan fingerprint density at radius 2 is 2.42 bits per heavy atom. The van der Waals surface area contributed by atoms with Crippen LogP contribution in [-0.4, -0.2) is 38.0 Å². The highest BCUT2D eigenvalue weighted by Crippen LogP contribution is 1.91. The quantitative estimate of drug-likeness (QED) is 0.265. The first-order chi connectivity index (χ1) is 5.76. The van der Waals surface area contributed by atoms with Crippen molar-refractivity contribution in [2.75, 3.05) is 26.0 Å². The van der Waals surface area contributed by atoms with E-state index >= 15 is 0 Å². The summed E-state index contributed by atoms with van der Waals surface area (Å²) in [6, 6.07) is -0.949. The third kappa shape index (κ3) is 4.30. The van der Waals surface area contributed by atoms with Crippen molar-refractivity contribution in [1.29, 1.82) is 0 Å². The lowest BCUT2D eigenvalue weighted by atomic mass is 10.3. The van der Waals surface area contributed by atoms with Crippen LogP contribution in [0.25, 0.3) is 0 Å². The number of hydrogen-bond acceptors (Lipinski definition) is 6. The maximum absolute atomic E-state index is 10.8. The number of ether oxygens (including phenoxy) is 1. The second-order valence-electron chi connectivity index (χ2n) is 2.07. The second-order valence-corrected chi connectivity index (χ2v) is 2.52. The van der Waals surface area contributed by atoms with E-state index in [1.165, 1.54) is 7.11 Å². The highest BCUT2D eigenvalue weighted by molar-refractivity contribution is 7.80. The van der Waals surface area contributed by atoms with Gasteiger partial charge >= 0.3 is 5.97 Å². The number of nitroso groups, excluding NO2 is 1. The molecule has 0 bridgehead atoms. The van der Waals surface area contributed by atoms with Crippen molar-refractivity contribution in [3.63, 3.8) is 0 Å². The first kappa shape index (κ1) is 11.4. The number of nitrogens with zero attached hydrogens (tertiary/aromatic N) is 1. The number of esters is 1. The maximum atomic E-state index is 10.8. The smallest absolute Gasteiger partial charge is 0.335 e. The molecular weight excluding hydrogens is 180 g/mol. The van der Waals surface area contributed by atoms with Crippen molar-refractivity contribution in [2.24, 2.45) is 5.18 Å². The fourth-order valence-corrected chi connectivity index (χ4v) is 0.776. The molecule has 0 aromatic rings. The first-order valence-electron chi connectivity index (χ1n) is 3.48. The molecule has 70 valence electrons. The molecule has 0 radical (unpaired) electrons. The SMILES string of the molecule is COC(=O)C(CNCCS)N=O. The molecule has 0 saturated carbocycles. The van der Waals surface area contributed by atoms with Crippen molar-refractivity contribution in [3.8, 4) is 0 Å². The number of thiol groups is 1. The molecule has 0 fully saturated rings. The van der Waals surface area contributed by atoms with Gasteiger partial charge in [-0.25, -0.2) is 4.79 Å². The molecule has 0 aromatic heterocycles. The van der Waals surface area contributed by atoms with Crippen molar-refractivity contribution in [2.45, 2.75) is 6.04 Å². The Morgan fingerprint density at radius 1 is 1.75 bits per heavy atom. The molecule has 0 spiro atoms. The van der Waals surface area contributed by atoms with E-state index in [0.717, 1.165) is 0 Å². The van der Waals surface area contributed by atoms with E-state index in [-0.39, 0.29) is 6.54 Å². The standard InChI is InChI=1S/C6H12N2O3S/c1-11-6(9)5(8-10)4-7-2-3-12/h5,7,12H,2-4H2,1H3. The van der Waals surface area contributed by atoms with E-state index in [1.54, 1.807) is 0 Å². The van der Waals surface area contributed by atoms with Gasteiger partial charge in [-0.05, 0) is 0 Å². The molecule has 1 atom stereocenters. The van der Waals surface area contributed by atoms with Crippen molar-refractivity contribution < 1.29 is 9.53 Å². The summed E-state index contributed by atoms with van der Waals surface area (Å²) in [7, 11) is 1.22. The summed E-state index contributed by atoms with van der Waals surface area (Å²) in [6.07, 6.45) is 0. The molecule has 0 aliphatic carbocycles. The summed E-state index contributed by atoms with van der Waals surface area (Å²) in [5, 5.41) is 5.45. The zero-order valence-electron chi connectivity index (χ0n) is 6.82. The number of hydrogen-bond donors (Lipinski definition) is 2. The molecule has 0 aliphatic heterocycles. The normalized spacial score (nSPS) is 12.2. The van der Waals surface area contributed by atoms with Gasteiger partial charge in [0.2, 0.25) is 6.04 Å². The molecule has 0 aliphatic rings. The van der Waals surface area contributed by atoms with E-state index in [0.29, 0.717) is 12.3 Å². The van der Waals surface area contributed by atoms with Crippen LogP contribution in [0.2, 0.25) is 0 Å². The molecule has 0 aromatic carbocycles. The summed E-state index contributed by atoms with van der Waals surface area (Å²) in [4.78, 5) is 20.9. The summed E-state index contributed by atoms with van der Waals surface area (Å²) in [6.45, 7) is 0.836. The van der Waals surface area contributed by atoms with Gasteiger partial charge in [-0.2, -0.15) is 12.6 Å². The average Bonchev–Trinajstić information content (AvgIpc) is 2.11. The third-order valence-corrected chi connectivity index (χ3v) is 1.45. The number of carbonyl (C=O) groups is 1. The fraction of sp³-hybridized carbons (Fsp3) is 0.833. The molecule has 1 unspecified atom stereocenters. The lowest BCUT2D eigenvalue weighted by Crippen LogP contribution is -2.33. The van der Waals surface area contributed by atoms with E-state index in [1.807, 2.05) is 0 Å². The van der Waals surface area contributed by atoms with Gasteiger partial charge in [0, 0.05) is 18.8 Å². The highest BCUT2D eigenvalue weighted by atomic mass is 32.1. The van der Waals surface area contributed by atoms with Crippen LogP contribution in [0, 0.1) is 4.91 Å². The maximum Gasteiger partial charge on any atom is 0.335 e. The van der Waals surface area contributed by atoms with Gasteiger partial charge in [0.05, 0.1) is 7.11 Å². The summed E-state index contributed by atoms with van der Waals surface area (Å²) < 4.78 is 4.34. The molecule has 5 nitrogen and oxygen atoms in total. The van der Waals surface area contributed by atoms with Gasteiger partial charge in [-0.3, -0.25) is 0 Å². The van der Waals surface area contributed by atoms with Gasteiger partial charge in [0.15, 0.2) is 0 Å². The predicted molar refractivity (Wildman–Crippen MR) is 48.3 cm³/mol. The summed E-state index contributed by atoms with van der Waals surface area (Å²) in [5.41, 5.74) is 0. The van der Waals surface area contributed by atoms with Gasteiger partial charge < -0.3 is 10.1 Å². The Hall–Kier alpha value is -0.620. The Morgan fingerprint density at radius 3 is 2.83 bits per heavy atom. The lowest BCUT2D eigenvalue weighted by molar-refractivity contribution is -0.141. The van der Waals surface area contributed by atoms with E-state index in [4.69, 9.17) is 0 Å². The van der Waals surface area contributed by atoms with Gasteiger partial charge in [-0.1, -0.05) is 5.18 Å². The molecule has 0 saturated heterocycles. The van der Waals surface area contributed by atoms with Gasteiger partial charge in [0.1, 0.15) is 0 Å². The van der Waals surface area contributed by atoms with E-state index in [9.17, 15) is 9.70 Å². The van der Waals surface area contributed by atoms with Crippen LogP contribution in [0.15, 0.2) is 5.18 Å². The van der Waals surface area contributed by atoms with Crippen molar-refractivity contribution >= 4 is 18.6 Å². The number of carbonyl (C=O) groups excluding carboxylic acids is 1. The molecule has 12 heavy (non-hydrogen) atoms. The molecule has 1 N–H and O–H groups in total. The Balaban J connectivity index is 3.67. The van der Waals surface area contributed by atoms with Crippen molar-refractivity contribution in [1.82, 2.24) is 5.32 Å². The van der Waals surface area contributed by atoms with Gasteiger partial charge in [0.25, 0.3) is 0 Å². The molecule has 6 heteroatoms. The van der Waals surface area contributed by atoms with Crippen LogP contribution < -0.4 is 5.32 Å². The molecule has 0 rings (SSSR count). The van der Waals surface area contributed by atoms with Crippen LogP contribution in [0.3, 0.4) is 0 Å². The zero-order chi connectivity index (χ0) is 9.40. The minimum atomic E-state index is -0.949. The second kappa shape index (κ2) is 7.05. The van der Waals surface area contributed by atoms with Crippen molar-refractivity contribution in [3.05, 3.63) is 4.91 Å². The Labute approximate surface area is 76.2 Å². The van der Waals surface area contributed by atoms with Crippen LogP contribution >= 0.6 is 12.6 Å². The summed E-state index contributed by atoms with van der Waals surface area (Å²) >= 11 is 3.94. The van der Waals surface area contributed by atoms with Gasteiger partial charge in [-0.15, -0.1) is 4.91 Å². The Bertz CT molecular complexity index is 154. The van der Waals surface area contributed by atoms with Crippen LogP contribution in [0.1, 0.15) is 0 Å². The van der Waals surface area contributed by atoms with E-state index < -0.39 is 12.0 Å². The number of rotatable bonds is 6. The summed E-state index contributed by atoms with van der Waals surface area (Å²) in [5.74, 6) is 0.0314. The molecule has 0 amide bonds. The molecular formula is C6H12N2O3S. The minimum absolute atomic E-state index is 0.205.